The topological polar surface area (TPSA) is 120 Å². The summed E-state index contributed by atoms with van der Waals surface area (Å²) in [6.45, 7) is 0.0351. The molecule has 1 unspecified atom stereocenters. The maximum atomic E-state index is 13.6. The summed E-state index contributed by atoms with van der Waals surface area (Å²) in [5.41, 5.74) is -3.49. The Labute approximate surface area is 236 Å². The van der Waals surface area contributed by atoms with Gasteiger partial charge in [-0.15, -0.1) is 0 Å². The first-order valence-electron chi connectivity index (χ1n) is 12.7. The monoisotopic (exact) mass is 587 g/mol. The summed E-state index contributed by atoms with van der Waals surface area (Å²) in [6, 6.07) is 19.0. The first-order valence-corrected chi connectivity index (χ1v) is 14.2. The van der Waals surface area contributed by atoms with Crippen LogP contribution in [0.2, 0.25) is 0 Å². The van der Waals surface area contributed by atoms with E-state index in [9.17, 15) is 31.5 Å². The van der Waals surface area contributed by atoms with Crippen molar-refractivity contribution < 1.29 is 36.2 Å². The fraction of sp³-hybridized carbons (Fsp3) is 0.310. The van der Waals surface area contributed by atoms with Crippen LogP contribution in [0.15, 0.2) is 77.7 Å². The van der Waals surface area contributed by atoms with Crippen molar-refractivity contribution >= 4 is 21.6 Å². The molecule has 0 saturated carbocycles. The Morgan fingerprint density at radius 1 is 1.07 bits per heavy atom. The molecule has 0 spiro atoms. The summed E-state index contributed by atoms with van der Waals surface area (Å²) in [5.74, 6) is -1.25. The van der Waals surface area contributed by atoms with Crippen molar-refractivity contribution in [1.82, 2.24) is 4.31 Å². The minimum absolute atomic E-state index is 0.0175. The van der Waals surface area contributed by atoms with Gasteiger partial charge in [-0.05, 0) is 54.7 Å². The molecule has 1 atom stereocenters. The number of benzene rings is 3. The molecule has 1 aliphatic rings. The molecular weight excluding hydrogens is 559 g/mol. The number of ether oxygens (including phenoxy) is 1. The van der Waals surface area contributed by atoms with E-state index < -0.39 is 44.8 Å². The van der Waals surface area contributed by atoms with Crippen LogP contribution in [-0.4, -0.2) is 49.5 Å². The Kier molecular flexibility index (Phi) is 8.72. The second kappa shape index (κ2) is 11.9. The van der Waals surface area contributed by atoms with Crippen LogP contribution in [0.3, 0.4) is 0 Å². The van der Waals surface area contributed by atoms with Crippen molar-refractivity contribution in [2.45, 2.75) is 35.9 Å². The number of hydrogen-bond donors (Lipinski definition) is 2. The molecule has 0 radical (unpaired) electrons. The molecule has 12 heteroatoms. The van der Waals surface area contributed by atoms with E-state index in [1.807, 2.05) is 0 Å². The number of alkyl halides is 3. The highest BCUT2D eigenvalue weighted by molar-refractivity contribution is 7.89. The molecule has 1 amide bonds. The van der Waals surface area contributed by atoms with Crippen LogP contribution in [0, 0.1) is 17.2 Å². The lowest BCUT2D eigenvalue weighted by atomic mass is 9.76. The van der Waals surface area contributed by atoms with Gasteiger partial charge in [0.15, 0.2) is 0 Å². The number of carbonyl (C=O) groups is 1. The van der Waals surface area contributed by atoms with Gasteiger partial charge in [-0.2, -0.15) is 22.7 Å². The number of nitrogens with one attached hydrogen (secondary N) is 1. The number of aliphatic hydroxyl groups is 1. The molecule has 1 heterocycles. The third kappa shape index (κ3) is 6.53. The number of amides is 1. The van der Waals surface area contributed by atoms with Gasteiger partial charge >= 0.3 is 6.18 Å². The zero-order valence-electron chi connectivity index (χ0n) is 22.1. The zero-order valence-corrected chi connectivity index (χ0v) is 22.9. The van der Waals surface area contributed by atoms with Gasteiger partial charge in [-0.3, -0.25) is 4.79 Å². The van der Waals surface area contributed by atoms with E-state index in [-0.39, 0.29) is 42.9 Å². The lowest BCUT2D eigenvalue weighted by Crippen LogP contribution is -2.54. The predicted molar refractivity (Wildman–Crippen MR) is 144 cm³/mol. The van der Waals surface area contributed by atoms with Crippen molar-refractivity contribution in [3.63, 3.8) is 0 Å². The molecular formula is C29H28F3N3O5S. The van der Waals surface area contributed by atoms with Gasteiger partial charge in [0.05, 0.1) is 29.2 Å². The molecule has 8 nitrogen and oxygen atoms in total. The average molecular weight is 588 g/mol. The van der Waals surface area contributed by atoms with Crippen LogP contribution < -0.4 is 10.1 Å². The SMILES string of the molecule is COc1cccc(S(=O)(=O)N2CCC(C(O)(Cc3ccccc3)C(=O)Nc3ccc(C#N)c(C(F)(F)F)c3)CC2)c1. The number of halogens is 3. The van der Waals surface area contributed by atoms with E-state index in [1.54, 1.807) is 42.5 Å². The summed E-state index contributed by atoms with van der Waals surface area (Å²) in [6.07, 6.45) is -4.72. The van der Waals surface area contributed by atoms with E-state index in [0.717, 1.165) is 12.1 Å². The number of piperidine rings is 1. The van der Waals surface area contributed by atoms with Crippen LogP contribution in [0.5, 0.6) is 5.75 Å². The number of methoxy groups -OCH3 is 1. The molecule has 3 aromatic carbocycles. The van der Waals surface area contributed by atoms with Gasteiger partial charge in [-0.1, -0.05) is 36.4 Å². The number of carbonyl (C=O) groups excluding carboxylic acids is 1. The van der Waals surface area contributed by atoms with Crippen LogP contribution >= 0.6 is 0 Å². The van der Waals surface area contributed by atoms with Gasteiger partial charge in [0.25, 0.3) is 5.91 Å². The second-order valence-electron chi connectivity index (χ2n) is 9.77. The first kappa shape index (κ1) is 30.0. The molecule has 0 bridgehead atoms. The quantitative estimate of drug-likeness (QED) is 0.398. The van der Waals surface area contributed by atoms with Crippen LogP contribution in [0.25, 0.3) is 0 Å². The molecule has 0 aromatic heterocycles. The Bertz CT molecular complexity index is 1550. The van der Waals surface area contributed by atoms with Crippen LogP contribution in [-0.2, 0) is 27.4 Å². The van der Waals surface area contributed by atoms with E-state index in [0.29, 0.717) is 17.4 Å². The molecule has 4 rings (SSSR count). The summed E-state index contributed by atoms with van der Waals surface area (Å²) in [7, 11) is -2.45. The van der Waals surface area contributed by atoms with Crippen molar-refractivity contribution in [3.05, 3.63) is 89.5 Å². The normalized spacial score (nSPS) is 16.4. The molecule has 3 aromatic rings. The number of hydrogen-bond acceptors (Lipinski definition) is 6. The predicted octanol–water partition coefficient (Wildman–Crippen LogP) is 4.60. The van der Waals surface area contributed by atoms with E-state index >= 15 is 0 Å². The number of sulfonamides is 1. The molecule has 2 N–H and O–H groups in total. The molecule has 0 aliphatic carbocycles. The zero-order chi connectivity index (χ0) is 29.8. The molecule has 41 heavy (non-hydrogen) atoms. The number of nitriles is 1. The third-order valence-electron chi connectivity index (χ3n) is 7.22. The minimum atomic E-state index is -4.83. The summed E-state index contributed by atoms with van der Waals surface area (Å²) >= 11 is 0. The highest BCUT2D eigenvalue weighted by Crippen LogP contribution is 2.37. The van der Waals surface area contributed by atoms with Gasteiger partial charge < -0.3 is 15.2 Å². The number of rotatable bonds is 8. The third-order valence-corrected chi connectivity index (χ3v) is 9.12. The van der Waals surface area contributed by atoms with E-state index in [1.165, 1.54) is 29.6 Å². The van der Waals surface area contributed by atoms with E-state index in [4.69, 9.17) is 10.00 Å². The van der Waals surface area contributed by atoms with Gasteiger partial charge in [-0.25, -0.2) is 8.42 Å². The highest BCUT2D eigenvalue weighted by atomic mass is 32.2. The maximum absolute atomic E-state index is 13.6. The Morgan fingerprint density at radius 3 is 2.37 bits per heavy atom. The smallest absolute Gasteiger partial charge is 0.417 e. The maximum Gasteiger partial charge on any atom is 0.417 e. The number of nitrogens with zero attached hydrogens (tertiary/aromatic N) is 2. The lowest BCUT2D eigenvalue weighted by Gasteiger charge is -2.40. The van der Waals surface area contributed by atoms with Crippen LogP contribution in [0.1, 0.15) is 29.5 Å². The Hall–Kier alpha value is -3.92. The fourth-order valence-electron chi connectivity index (χ4n) is 4.99. The van der Waals surface area contributed by atoms with E-state index in [2.05, 4.69) is 5.32 Å². The van der Waals surface area contributed by atoms with Gasteiger partial charge in [0, 0.05) is 31.3 Å². The van der Waals surface area contributed by atoms with Gasteiger partial charge in [0.2, 0.25) is 10.0 Å². The molecule has 1 fully saturated rings. The van der Waals surface area contributed by atoms with Crippen molar-refractivity contribution in [2.24, 2.45) is 5.92 Å². The summed E-state index contributed by atoms with van der Waals surface area (Å²) in [5, 5.41) is 23.3. The van der Waals surface area contributed by atoms with Crippen molar-refractivity contribution in [2.75, 3.05) is 25.5 Å². The standard InChI is InChI=1S/C29H28F3N3O5S/c1-40-24-8-5-9-25(17-24)41(38,39)35-14-12-22(13-15-35)28(37,18-20-6-3-2-4-7-20)27(36)34-23-11-10-21(19-33)26(16-23)29(30,31)32/h2-11,16-17,22,37H,12-15,18H2,1H3,(H,34,36). The van der Waals surface area contributed by atoms with Crippen molar-refractivity contribution in [1.29, 1.82) is 5.26 Å². The largest absolute Gasteiger partial charge is 0.497 e. The van der Waals surface area contributed by atoms with Crippen molar-refractivity contribution in [3.8, 4) is 11.8 Å². The highest BCUT2D eigenvalue weighted by Gasteiger charge is 2.46. The minimum Gasteiger partial charge on any atom is -0.497 e. The fourth-order valence-corrected chi connectivity index (χ4v) is 6.50. The summed E-state index contributed by atoms with van der Waals surface area (Å²) < 4.78 is 73.4. The average Bonchev–Trinajstić information content (AvgIpc) is 2.97. The second-order valence-corrected chi connectivity index (χ2v) is 11.7. The first-order chi connectivity index (χ1) is 19.4. The lowest BCUT2D eigenvalue weighted by molar-refractivity contribution is -0.142. The van der Waals surface area contributed by atoms with Gasteiger partial charge in [0.1, 0.15) is 11.4 Å². The summed E-state index contributed by atoms with van der Waals surface area (Å²) in [4.78, 5) is 13.6. The molecule has 1 saturated heterocycles. The Balaban J connectivity index is 1.59. The molecule has 1 aliphatic heterocycles. The van der Waals surface area contributed by atoms with Crippen LogP contribution in [0.4, 0.5) is 18.9 Å². The number of anilines is 1. The molecule has 216 valence electrons. The Morgan fingerprint density at radius 2 is 1.76 bits per heavy atom.